The topological polar surface area (TPSA) is 92.7 Å². The Morgan fingerprint density at radius 1 is 1.53 bits per heavy atom. The van der Waals surface area contributed by atoms with E-state index in [9.17, 15) is 8.42 Å². The first-order valence-electron chi connectivity index (χ1n) is 6.03. The van der Waals surface area contributed by atoms with E-state index in [1.165, 1.54) is 6.20 Å². The zero-order valence-corrected chi connectivity index (χ0v) is 11.7. The van der Waals surface area contributed by atoms with E-state index >= 15 is 0 Å². The Bertz CT molecular complexity index is 617. The number of hydrogen-bond donors (Lipinski definition) is 2. The molecule has 2 aromatic rings. The number of sulfonamides is 1. The van der Waals surface area contributed by atoms with Crippen molar-refractivity contribution >= 4 is 10.0 Å². The van der Waals surface area contributed by atoms with E-state index in [1.807, 2.05) is 11.5 Å². The maximum absolute atomic E-state index is 12.1. The molecule has 2 N–H and O–H groups in total. The first-order chi connectivity index (χ1) is 9.01. The molecular weight excluding hydrogens is 266 g/mol. The molecule has 0 bridgehead atoms. The molecule has 2 heterocycles. The normalized spacial score (nSPS) is 13.6. The third kappa shape index (κ3) is 3.42. The van der Waals surface area contributed by atoms with Crippen LogP contribution in [0.15, 0.2) is 29.9 Å². The maximum Gasteiger partial charge on any atom is 0.257 e. The first kappa shape index (κ1) is 13.8. The van der Waals surface area contributed by atoms with Gasteiger partial charge in [-0.3, -0.25) is 0 Å². The minimum Gasteiger partial charge on any atom is -0.336 e. The van der Waals surface area contributed by atoms with Gasteiger partial charge >= 0.3 is 0 Å². The van der Waals surface area contributed by atoms with Crippen LogP contribution in [0.1, 0.15) is 19.7 Å². The average molecular weight is 283 g/mol. The Hall–Kier alpha value is -1.67. The summed E-state index contributed by atoms with van der Waals surface area (Å²) in [5.41, 5.74) is 0. The smallest absolute Gasteiger partial charge is 0.257 e. The van der Waals surface area contributed by atoms with Gasteiger partial charge in [0.05, 0.1) is 12.5 Å². The lowest BCUT2D eigenvalue weighted by atomic mass is 10.4. The fraction of sp³-hybridized carbons (Fsp3) is 0.455. The first-order valence-corrected chi connectivity index (χ1v) is 7.51. The van der Waals surface area contributed by atoms with Gasteiger partial charge in [-0.25, -0.2) is 23.1 Å². The number of aryl methyl sites for hydroxylation is 1. The zero-order valence-electron chi connectivity index (χ0n) is 10.9. The summed E-state index contributed by atoms with van der Waals surface area (Å²) in [4.78, 5) is 10.7. The Morgan fingerprint density at radius 3 is 2.89 bits per heavy atom. The van der Waals surface area contributed by atoms with Crippen molar-refractivity contribution in [2.24, 2.45) is 0 Å². The second kappa shape index (κ2) is 5.54. The van der Waals surface area contributed by atoms with Gasteiger partial charge in [0, 0.05) is 31.4 Å². The van der Waals surface area contributed by atoms with Crippen molar-refractivity contribution in [3.8, 4) is 0 Å². The van der Waals surface area contributed by atoms with Crippen molar-refractivity contribution < 1.29 is 8.42 Å². The van der Waals surface area contributed by atoms with Gasteiger partial charge in [0.25, 0.3) is 10.0 Å². The summed E-state index contributed by atoms with van der Waals surface area (Å²) in [5, 5.41) is 0.0989. The molecule has 1 atom stereocenters. The highest BCUT2D eigenvalue weighted by Gasteiger charge is 2.19. The quantitative estimate of drug-likeness (QED) is 0.809. The number of imidazole rings is 2. The number of rotatable bonds is 6. The lowest BCUT2D eigenvalue weighted by molar-refractivity contribution is 0.518. The third-order valence-electron chi connectivity index (χ3n) is 2.63. The van der Waals surface area contributed by atoms with Crippen LogP contribution in [0.2, 0.25) is 0 Å². The van der Waals surface area contributed by atoms with Crippen LogP contribution in [-0.4, -0.2) is 34.0 Å². The predicted molar refractivity (Wildman–Crippen MR) is 70.0 cm³/mol. The van der Waals surface area contributed by atoms with E-state index in [0.29, 0.717) is 18.8 Å². The van der Waals surface area contributed by atoms with Gasteiger partial charge in [-0.1, -0.05) is 6.92 Å². The minimum absolute atomic E-state index is 0.0989. The molecule has 0 saturated carbocycles. The molecule has 1 unspecified atom stereocenters. The summed E-state index contributed by atoms with van der Waals surface area (Å²) < 4.78 is 28.6. The van der Waals surface area contributed by atoms with Gasteiger partial charge in [0.15, 0.2) is 5.03 Å². The summed E-state index contributed by atoms with van der Waals surface area (Å²) in [5.74, 6) is 0.655. The van der Waals surface area contributed by atoms with Crippen molar-refractivity contribution in [2.75, 3.05) is 0 Å². The summed E-state index contributed by atoms with van der Waals surface area (Å²) in [6.45, 7) is 4.23. The number of nitrogens with zero attached hydrogens (tertiary/aromatic N) is 3. The lowest BCUT2D eigenvalue weighted by Crippen LogP contribution is -2.35. The van der Waals surface area contributed by atoms with Gasteiger partial charge in [0.2, 0.25) is 0 Å². The van der Waals surface area contributed by atoms with E-state index in [2.05, 4.69) is 19.7 Å². The fourth-order valence-corrected chi connectivity index (χ4v) is 2.91. The van der Waals surface area contributed by atoms with Crippen molar-refractivity contribution in [2.45, 2.75) is 37.9 Å². The monoisotopic (exact) mass is 283 g/mol. The maximum atomic E-state index is 12.1. The molecule has 0 aliphatic heterocycles. The number of nitrogens with one attached hydrogen (secondary N) is 2. The number of hydrogen-bond acceptors (Lipinski definition) is 4. The predicted octanol–water partition coefficient (Wildman–Crippen LogP) is 0.536. The molecule has 0 saturated heterocycles. The molecule has 0 aliphatic rings. The van der Waals surface area contributed by atoms with Gasteiger partial charge in [-0.05, 0) is 6.92 Å². The van der Waals surface area contributed by atoms with Crippen molar-refractivity contribution in [3.05, 3.63) is 30.7 Å². The summed E-state index contributed by atoms with van der Waals surface area (Å²) in [6.07, 6.45) is 7.10. The summed E-state index contributed by atoms with van der Waals surface area (Å²) >= 11 is 0. The summed E-state index contributed by atoms with van der Waals surface area (Å²) in [6, 6.07) is -0.243. The van der Waals surface area contributed by atoms with Crippen LogP contribution >= 0.6 is 0 Å². The van der Waals surface area contributed by atoms with Crippen LogP contribution in [0.3, 0.4) is 0 Å². The fourth-order valence-electron chi connectivity index (χ4n) is 1.74. The molecule has 2 rings (SSSR count). The highest BCUT2D eigenvalue weighted by Crippen LogP contribution is 2.07. The molecule has 0 amide bonds. The second-order valence-corrected chi connectivity index (χ2v) is 6.01. The van der Waals surface area contributed by atoms with Crippen molar-refractivity contribution in [3.63, 3.8) is 0 Å². The van der Waals surface area contributed by atoms with Crippen LogP contribution in [0.25, 0.3) is 0 Å². The van der Waals surface area contributed by atoms with Gasteiger partial charge in [-0.15, -0.1) is 0 Å². The van der Waals surface area contributed by atoms with Gasteiger partial charge < -0.3 is 9.55 Å². The average Bonchev–Trinajstić information content (AvgIpc) is 2.97. The van der Waals surface area contributed by atoms with Gasteiger partial charge in [0.1, 0.15) is 5.82 Å². The van der Waals surface area contributed by atoms with Crippen LogP contribution in [0.4, 0.5) is 0 Å². The molecule has 19 heavy (non-hydrogen) atoms. The van der Waals surface area contributed by atoms with E-state index in [4.69, 9.17) is 0 Å². The second-order valence-electron chi connectivity index (χ2n) is 4.33. The van der Waals surface area contributed by atoms with Gasteiger partial charge in [-0.2, -0.15) is 0 Å². The molecule has 8 heteroatoms. The Kier molecular flexibility index (Phi) is 4.01. The molecule has 0 aromatic carbocycles. The zero-order chi connectivity index (χ0) is 13.9. The van der Waals surface area contributed by atoms with E-state index in [0.717, 1.165) is 0 Å². The van der Waals surface area contributed by atoms with Crippen LogP contribution in [0, 0.1) is 0 Å². The summed E-state index contributed by atoms with van der Waals surface area (Å²) in [7, 11) is -3.55. The van der Waals surface area contributed by atoms with E-state index in [1.54, 1.807) is 25.6 Å². The molecule has 2 aromatic heterocycles. The molecule has 0 spiro atoms. The van der Waals surface area contributed by atoms with Crippen molar-refractivity contribution in [1.82, 2.24) is 24.2 Å². The molecular formula is C11H17N5O2S. The Balaban J connectivity index is 2.04. The lowest BCUT2D eigenvalue weighted by Gasteiger charge is -2.13. The SMILES string of the molecule is CCc1ncc(S(=O)(=O)NC(C)Cn2ccnc2)[nH]1. The number of aromatic amines is 1. The molecule has 0 fully saturated rings. The van der Waals surface area contributed by atoms with Crippen molar-refractivity contribution in [1.29, 1.82) is 0 Å². The minimum atomic E-state index is -3.55. The highest BCUT2D eigenvalue weighted by molar-refractivity contribution is 7.89. The van der Waals surface area contributed by atoms with Crippen LogP contribution < -0.4 is 4.72 Å². The molecule has 7 nitrogen and oxygen atoms in total. The van der Waals surface area contributed by atoms with E-state index in [-0.39, 0.29) is 11.1 Å². The number of aromatic nitrogens is 4. The molecule has 104 valence electrons. The van der Waals surface area contributed by atoms with E-state index < -0.39 is 10.0 Å². The largest absolute Gasteiger partial charge is 0.336 e. The third-order valence-corrected chi connectivity index (χ3v) is 4.13. The Morgan fingerprint density at radius 2 is 2.32 bits per heavy atom. The Labute approximate surface area is 112 Å². The number of H-pyrrole nitrogens is 1. The standard InChI is InChI=1S/C11H17N5O2S/c1-3-10-13-6-11(14-10)19(17,18)15-9(2)7-16-5-4-12-8-16/h4-6,8-9,15H,3,7H2,1-2H3,(H,13,14). The highest BCUT2D eigenvalue weighted by atomic mass is 32.2. The molecule has 0 radical (unpaired) electrons. The van der Waals surface area contributed by atoms with Crippen LogP contribution in [-0.2, 0) is 23.0 Å². The molecule has 0 aliphatic carbocycles. The van der Waals surface area contributed by atoms with Crippen LogP contribution in [0.5, 0.6) is 0 Å².